The van der Waals surface area contributed by atoms with Gasteiger partial charge >= 0.3 is 0 Å². The van der Waals surface area contributed by atoms with E-state index in [-0.39, 0.29) is 22.4 Å². The van der Waals surface area contributed by atoms with Crippen molar-refractivity contribution in [2.75, 3.05) is 33.9 Å². The molecule has 2 aromatic carbocycles. The Hall–Kier alpha value is -2.33. The first-order chi connectivity index (χ1) is 16.3. The van der Waals surface area contributed by atoms with Crippen molar-refractivity contribution in [2.24, 2.45) is 5.92 Å². The van der Waals surface area contributed by atoms with E-state index in [0.717, 1.165) is 0 Å². The number of Topliss-reactive ketones (excluding diaryl/α,β-unsaturated/α-hetero) is 1. The average molecular weight is 491 g/mol. The maximum atomic E-state index is 13.7. The molecular weight excluding hydrogens is 459 g/mol. The van der Waals surface area contributed by atoms with Gasteiger partial charge in [0.05, 0.1) is 12.0 Å². The van der Waals surface area contributed by atoms with Gasteiger partial charge in [0.1, 0.15) is 23.8 Å². The highest BCUT2D eigenvalue weighted by Crippen LogP contribution is 2.45. The highest BCUT2D eigenvalue weighted by molar-refractivity contribution is 7.89. The smallest absolute Gasteiger partial charge is 0.245 e. The summed E-state index contributed by atoms with van der Waals surface area (Å²) in [7, 11) is -0.660. The molecule has 2 unspecified atom stereocenters. The number of hydrogen-bond acceptors (Lipinski definition) is 6. The van der Waals surface area contributed by atoms with E-state index in [0.29, 0.717) is 55.8 Å². The van der Waals surface area contributed by atoms with Crippen molar-refractivity contribution in [1.82, 2.24) is 9.21 Å². The van der Waals surface area contributed by atoms with Crippen LogP contribution in [-0.2, 0) is 14.8 Å². The third-order valence-electron chi connectivity index (χ3n) is 6.78. The molecule has 0 aromatic heterocycles. The minimum atomic E-state index is -3.77. The lowest BCUT2D eigenvalue weighted by molar-refractivity contribution is -0.0544. The Morgan fingerprint density at radius 3 is 2.35 bits per heavy atom. The number of rotatable bonds is 7. The lowest BCUT2D eigenvalue weighted by Crippen LogP contribution is -2.59. The van der Waals surface area contributed by atoms with Gasteiger partial charge in [-0.05, 0) is 55.7 Å². The highest BCUT2D eigenvalue weighted by atomic mass is 32.2. The molecule has 2 heterocycles. The molecule has 184 valence electrons. The lowest BCUT2D eigenvalue weighted by atomic mass is 9.88. The second-order valence-corrected chi connectivity index (χ2v) is 10.6. The maximum absolute atomic E-state index is 13.7. The van der Waals surface area contributed by atoms with Gasteiger partial charge in [-0.1, -0.05) is 13.0 Å². The molecule has 2 aliphatic rings. The van der Waals surface area contributed by atoms with Crippen molar-refractivity contribution in [3.05, 3.63) is 59.4 Å². The van der Waals surface area contributed by atoms with Crippen molar-refractivity contribution in [2.45, 2.75) is 43.4 Å². The molecule has 0 N–H and O–H groups in total. The van der Waals surface area contributed by atoms with Gasteiger partial charge in [0.2, 0.25) is 10.0 Å². The first-order valence-electron chi connectivity index (χ1n) is 11.6. The summed E-state index contributed by atoms with van der Waals surface area (Å²) in [6, 6.07) is 10.7. The second kappa shape index (κ2) is 10.1. The Balaban J connectivity index is 1.63. The summed E-state index contributed by atoms with van der Waals surface area (Å²) in [6.45, 7) is 3.39. The molecule has 34 heavy (non-hydrogen) atoms. The fourth-order valence-corrected chi connectivity index (χ4v) is 7.09. The van der Waals surface area contributed by atoms with E-state index in [4.69, 9.17) is 9.47 Å². The summed E-state index contributed by atoms with van der Waals surface area (Å²) in [5, 5.41) is 0. The molecule has 2 atom stereocenters. The predicted molar refractivity (Wildman–Crippen MR) is 126 cm³/mol. The number of ketones is 1. The van der Waals surface area contributed by atoms with Crippen molar-refractivity contribution >= 4 is 15.8 Å². The molecule has 1 fully saturated rings. The fourth-order valence-electron chi connectivity index (χ4n) is 5.14. The maximum Gasteiger partial charge on any atom is 0.245 e. The number of methoxy groups -OCH3 is 2. The summed E-state index contributed by atoms with van der Waals surface area (Å²) in [6.07, 6.45) is 0.751. The lowest BCUT2D eigenvalue weighted by Gasteiger charge is -2.48. The number of ether oxygens (including phenoxy) is 2. The summed E-state index contributed by atoms with van der Waals surface area (Å²) in [5.74, 6) is -0.0846. The zero-order valence-corrected chi connectivity index (χ0v) is 20.6. The number of carbonyl (C=O) groups is 1. The van der Waals surface area contributed by atoms with Crippen LogP contribution in [-0.4, -0.2) is 63.4 Å². The number of carbonyl (C=O) groups excluding carboxylic acids is 1. The Morgan fingerprint density at radius 1 is 1.09 bits per heavy atom. The number of piperidine rings is 1. The van der Waals surface area contributed by atoms with Gasteiger partial charge < -0.3 is 9.47 Å². The summed E-state index contributed by atoms with van der Waals surface area (Å²) in [4.78, 5) is 15.3. The standard InChI is InChI=1S/C25H31FN2O5S/c1-4-14-28-25(24(33-3)22-20(32-2)6-5-7-21(22)34(28,30)31)27-15-12-18(13-16-27)23(29)17-8-10-19(26)11-9-17/h5-11,18,24-25H,4,12-16H2,1-3H3. The fraction of sp³-hybridized carbons (Fsp3) is 0.480. The van der Waals surface area contributed by atoms with Crippen LogP contribution in [0.5, 0.6) is 5.75 Å². The number of fused-ring (bicyclic) bond motifs is 1. The third kappa shape index (κ3) is 4.37. The van der Waals surface area contributed by atoms with E-state index < -0.39 is 22.3 Å². The molecule has 1 saturated heterocycles. The van der Waals surface area contributed by atoms with Crippen molar-refractivity contribution in [3.63, 3.8) is 0 Å². The molecule has 2 aliphatic heterocycles. The molecule has 0 bridgehead atoms. The quantitative estimate of drug-likeness (QED) is 0.549. The van der Waals surface area contributed by atoms with Gasteiger partial charge in [-0.25, -0.2) is 12.8 Å². The zero-order valence-electron chi connectivity index (χ0n) is 19.7. The van der Waals surface area contributed by atoms with E-state index in [1.165, 1.54) is 35.7 Å². The Kier molecular flexibility index (Phi) is 7.37. The molecule has 0 spiro atoms. The van der Waals surface area contributed by atoms with Crippen LogP contribution < -0.4 is 4.74 Å². The van der Waals surface area contributed by atoms with Crippen molar-refractivity contribution < 1.29 is 27.1 Å². The molecule has 0 amide bonds. The molecule has 0 aliphatic carbocycles. The Bertz CT molecular complexity index is 1130. The van der Waals surface area contributed by atoms with E-state index in [1.807, 2.05) is 6.92 Å². The van der Waals surface area contributed by atoms with Crippen LogP contribution in [0.1, 0.15) is 48.2 Å². The number of halogens is 1. The molecule has 7 nitrogen and oxygen atoms in total. The predicted octanol–water partition coefficient (Wildman–Crippen LogP) is 3.86. The summed E-state index contributed by atoms with van der Waals surface area (Å²) in [5.41, 5.74) is 1.04. The van der Waals surface area contributed by atoms with Crippen LogP contribution in [0.4, 0.5) is 4.39 Å². The zero-order chi connectivity index (χ0) is 24.5. The molecule has 9 heteroatoms. The number of benzene rings is 2. The van der Waals surface area contributed by atoms with E-state index in [1.54, 1.807) is 25.3 Å². The molecule has 0 saturated carbocycles. The number of sulfonamides is 1. The van der Waals surface area contributed by atoms with Gasteiger partial charge in [0.15, 0.2) is 5.78 Å². The van der Waals surface area contributed by atoms with E-state index in [9.17, 15) is 17.6 Å². The largest absolute Gasteiger partial charge is 0.496 e. The van der Waals surface area contributed by atoms with E-state index >= 15 is 0 Å². The third-order valence-corrected chi connectivity index (χ3v) is 8.71. The monoisotopic (exact) mass is 490 g/mol. The number of hydrogen-bond donors (Lipinski definition) is 0. The topological polar surface area (TPSA) is 76.2 Å². The molecule has 4 rings (SSSR count). The minimum Gasteiger partial charge on any atom is -0.496 e. The van der Waals surface area contributed by atoms with Gasteiger partial charge in [0, 0.05) is 43.8 Å². The second-order valence-electron chi connectivity index (χ2n) is 8.74. The van der Waals surface area contributed by atoms with Crippen LogP contribution in [0.2, 0.25) is 0 Å². The Labute approximate surface area is 200 Å². The highest BCUT2D eigenvalue weighted by Gasteiger charge is 2.49. The number of likely N-dealkylation sites (tertiary alicyclic amines) is 1. The molecule has 2 aromatic rings. The average Bonchev–Trinajstić information content (AvgIpc) is 2.85. The van der Waals surface area contributed by atoms with Gasteiger partial charge in [-0.15, -0.1) is 0 Å². The first-order valence-corrected chi connectivity index (χ1v) is 13.0. The van der Waals surface area contributed by atoms with Crippen LogP contribution >= 0.6 is 0 Å². The van der Waals surface area contributed by atoms with Crippen LogP contribution in [0.3, 0.4) is 0 Å². The SMILES string of the molecule is CCCN1C(N2CCC(C(=O)c3ccc(F)cc3)CC2)C(OC)c2c(OC)cccc2S1(=O)=O. The summed E-state index contributed by atoms with van der Waals surface area (Å²) < 4.78 is 53.6. The van der Waals surface area contributed by atoms with Crippen LogP contribution in [0.15, 0.2) is 47.4 Å². The molecule has 0 radical (unpaired) electrons. The van der Waals surface area contributed by atoms with Crippen molar-refractivity contribution in [1.29, 1.82) is 0 Å². The minimum absolute atomic E-state index is 0.00311. The first kappa shape index (κ1) is 24.8. The van der Waals surface area contributed by atoms with Gasteiger partial charge in [-0.2, -0.15) is 4.31 Å². The number of nitrogens with zero attached hydrogens (tertiary/aromatic N) is 2. The van der Waals surface area contributed by atoms with Crippen molar-refractivity contribution in [3.8, 4) is 5.75 Å². The van der Waals surface area contributed by atoms with Crippen LogP contribution in [0.25, 0.3) is 0 Å². The summed E-state index contributed by atoms with van der Waals surface area (Å²) >= 11 is 0. The normalized spacial score (nSPS) is 23.4. The molecular formula is C25H31FN2O5S. The van der Waals surface area contributed by atoms with E-state index in [2.05, 4.69) is 4.90 Å². The van der Waals surface area contributed by atoms with Crippen LogP contribution in [0, 0.1) is 11.7 Å². The van der Waals surface area contributed by atoms with Gasteiger partial charge in [-0.3, -0.25) is 9.69 Å². The Morgan fingerprint density at radius 2 is 1.76 bits per heavy atom. The van der Waals surface area contributed by atoms with Gasteiger partial charge in [0.25, 0.3) is 0 Å².